The van der Waals surface area contributed by atoms with Gasteiger partial charge in [0.25, 0.3) is 11.6 Å². The molecular formula is C12H8BrN5O3. The Morgan fingerprint density at radius 1 is 1.57 bits per heavy atom. The maximum atomic E-state index is 12.1. The third-order valence-electron chi connectivity index (χ3n) is 2.58. The van der Waals surface area contributed by atoms with E-state index >= 15 is 0 Å². The molecule has 1 N–H and O–H groups in total. The average molecular weight is 350 g/mol. The van der Waals surface area contributed by atoms with Crippen molar-refractivity contribution in [2.24, 2.45) is 7.05 Å². The van der Waals surface area contributed by atoms with Crippen LogP contribution < -0.4 is 5.32 Å². The van der Waals surface area contributed by atoms with Crippen molar-refractivity contribution in [3.05, 3.63) is 50.2 Å². The van der Waals surface area contributed by atoms with Crippen LogP contribution in [-0.4, -0.2) is 20.6 Å². The van der Waals surface area contributed by atoms with E-state index in [4.69, 9.17) is 5.26 Å². The van der Waals surface area contributed by atoms with Crippen LogP contribution in [0.1, 0.15) is 16.1 Å². The predicted molar refractivity (Wildman–Crippen MR) is 76.7 cm³/mol. The van der Waals surface area contributed by atoms with Crippen LogP contribution in [-0.2, 0) is 7.05 Å². The molecule has 1 aromatic carbocycles. The maximum absolute atomic E-state index is 12.1. The number of non-ortho nitro benzene ring substituents is 1. The Morgan fingerprint density at radius 3 is 2.81 bits per heavy atom. The monoisotopic (exact) mass is 349 g/mol. The molecule has 1 amide bonds. The van der Waals surface area contributed by atoms with Crippen LogP contribution in [0.25, 0.3) is 0 Å². The molecule has 0 aliphatic heterocycles. The number of amides is 1. The predicted octanol–water partition coefficient (Wildman–Crippen LogP) is 2.21. The van der Waals surface area contributed by atoms with Gasteiger partial charge in [-0.25, -0.2) is 0 Å². The molecule has 9 heteroatoms. The first-order chi connectivity index (χ1) is 9.92. The van der Waals surface area contributed by atoms with Gasteiger partial charge in [0.15, 0.2) is 5.69 Å². The summed E-state index contributed by atoms with van der Waals surface area (Å²) >= 11 is 3.20. The van der Waals surface area contributed by atoms with Crippen LogP contribution in [0.4, 0.5) is 11.4 Å². The van der Waals surface area contributed by atoms with Gasteiger partial charge in [0.1, 0.15) is 6.07 Å². The van der Waals surface area contributed by atoms with Crippen LogP contribution in [0, 0.1) is 21.4 Å². The number of hydrogen-bond donors (Lipinski definition) is 1. The third-order valence-corrected chi connectivity index (χ3v) is 3.16. The smallest absolute Gasteiger partial charge is 0.277 e. The number of nitrogens with one attached hydrogen (secondary N) is 1. The summed E-state index contributed by atoms with van der Waals surface area (Å²) in [6, 6.07) is 5.43. The Labute approximate surface area is 127 Å². The molecule has 0 unspecified atom stereocenters. The van der Waals surface area contributed by atoms with Crippen molar-refractivity contribution in [1.29, 1.82) is 5.26 Å². The van der Waals surface area contributed by atoms with Crippen molar-refractivity contribution >= 4 is 33.2 Å². The summed E-state index contributed by atoms with van der Waals surface area (Å²) in [7, 11) is 1.66. The summed E-state index contributed by atoms with van der Waals surface area (Å²) in [6.07, 6.45) is 1.61. The maximum Gasteiger partial charge on any atom is 0.277 e. The summed E-state index contributed by atoms with van der Waals surface area (Å²) in [4.78, 5) is 22.1. The first-order valence-corrected chi connectivity index (χ1v) is 6.40. The lowest BCUT2D eigenvalue weighted by Crippen LogP contribution is -2.14. The number of carbonyl (C=O) groups excluding carboxylic acids is 1. The Morgan fingerprint density at radius 2 is 2.29 bits per heavy atom. The number of nitro groups is 1. The zero-order valence-electron chi connectivity index (χ0n) is 10.7. The van der Waals surface area contributed by atoms with E-state index in [9.17, 15) is 14.9 Å². The van der Waals surface area contributed by atoms with Crippen LogP contribution in [0.5, 0.6) is 0 Å². The Balaban J connectivity index is 2.32. The van der Waals surface area contributed by atoms with E-state index in [0.717, 1.165) is 6.07 Å². The first kappa shape index (κ1) is 14.7. The fourth-order valence-corrected chi connectivity index (χ4v) is 2.20. The zero-order valence-corrected chi connectivity index (χ0v) is 12.3. The molecule has 0 aliphatic rings. The number of nitro benzene ring substituents is 1. The molecule has 0 spiro atoms. The summed E-state index contributed by atoms with van der Waals surface area (Å²) in [5, 5.41) is 26.2. The molecule has 2 rings (SSSR count). The molecular weight excluding hydrogens is 342 g/mol. The number of anilines is 1. The highest BCUT2D eigenvalue weighted by molar-refractivity contribution is 9.10. The Hall–Kier alpha value is -2.73. The molecule has 2 aromatic rings. The minimum atomic E-state index is -0.609. The van der Waals surface area contributed by atoms with Gasteiger partial charge < -0.3 is 5.32 Å². The van der Waals surface area contributed by atoms with E-state index in [1.807, 2.05) is 6.07 Å². The van der Waals surface area contributed by atoms with E-state index in [2.05, 4.69) is 26.3 Å². The van der Waals surface area contributed by atoms with Crippen LogP contribution >= 0.6 is 15.9 Å². The van der Waals surface area contributed by atoms with Gasteiger partial charge in [-0.05, 0) is 22.0 Å². The van der Waals surface area contributed by atoms with Gasteiger partial charge in [-0.15, -0.1) is 0 Å². The van der Waals surface area contributed by atoms with Crippen molar-refractivity contribution in [1.82, 2.24) is 9.78 Å². The normalized spacial score (nSPS) is 9.95. The molecule has 0 aliphatic carbocycles. The van der Waals surface area contributed by atoms with Crippen LogP contribution in [0.15, 0.2) is 28.9 Å². The number of halogens is 1. The van der Waals surface area contributed by atoms with Gasteiger partial charge in [-0.2, -0.15) is 10.4 Å². The van der Waals surface area contributed by atoms with E-state index in [0.29, 0.717) is 4.47 Å². The third kappa shape index (κ3) is 3.06. The summed E-state index contributed by atoms with van der Waals surface area (Å²) in [5.41, 5.74) is 0.124. The van der Waals surface area contributed by atoms with Gasteiger partial charge in [0, 0.05) is 25.4 Å². The minimum Gasteiger partial charge on any atom is -0.319 e. The van der Waals surface area contributed by atoms with Crippen molar-refractivity contribution in [3.8, 4) is 6.07 Å². The van der Waals surface area contributed by atoms with E-state index in [-0.39, 0.29) is 22.6 Å². The van der Waals surface area contributed by atoms with Crippen molar-refractivity contribution in [2.75, 3.05) is 5.32 Å². The summed E-state index contributed by atoms with van der Waals surface area (Å²) in [5.74, 6) is -0.521. The van der Waals surface area contributed by atoms with Crippen molar-refractivity contribution in [2.45, 2.75) is 0 Å². The second kappa shape index (κ2) is 5.72. The number of nitriles is 1. The lowest BCUT2D eigenvalue weighted by Gasteiger charge is -2.05. The second-order valence-corrected chi connectivity index (χ2v) is 4.91. The number of aryl methyl sites for hydroxylation is 1. The lowest BCUT2D eigenvalue weighted by atomic mass is 10.1. The average Bonchev–Trinajstić information content (AvgIpc) is 2.78. The first-order valence-electron chi connectivity index (χ1n) is 5.61. The highest BCUT2D eigenvalue weighted by Gasteiger charge is 2.17. The highest BCUT2D eigenvalue weighted by Crippen LogP contribution is 2.23. The van der Waals surface area contributed by atoms with Crippen molar-refractivity contribution < 1.29 is 9.72 Å². The zero-order chi connectivity index (χ0) is 15.6. The molecule has 0 atom stereocenters. The number of aromatic nitrogens is 2. The molecule has 0 fully saturated rings. The lowest BCUT2D eigenvalue weighted by molar-refractivity contribution is -0.384. The van der Waals surface area contributed by atoms with Crippen LogP contribution in [0.2, 0.25) is 0 Å². The fourth-order valence-electron chi connectivity index (χ4n) is 1.64. The topological polar surface area (TPSA) is 114 Å². The quantitative estimate of drug-likeness (QED) is 0.673. The molecule has 0 saturated heterocycles. The van der Waals surface area contributed by atoms with Gasteiger partial charge in [-0.1, -0.05) is 0 Å². The molecule has 1 heterocycles. The number of nitrogens with zero attached hydrogens (tertiary/aromatic N) is 4. The van der Waals surface area contributed by atoms with Crippen molar-refractivity contribution in [3.63, 3.8) is 0 Å². The minimum absolute atomic E-state index is 0.00426. The number of carbonyl (C=O) groups is 1. The Bertz CT molecular complexity index is 778. The number of benzene rings is 1. The molecule has 1 aromatic heterocycles. The molecule has 106 valence electrons. The largest absolute Gasteiger partial charge is 0.319 e. The van der Waals surface area contributed by atoms with E-state index < -0.39 is 10.8 Å². The highest BCUT2D eigenvalue weighted by atomic mass is 79.9. The van der Waals surface area contributed by atoms with E-state index in [1.54, 1.807) is 13.2 Å². The summed E-state index contributed by atoms with van der Waals surface area (Å²) in [6.45, 7) is 0. The molecule has 0 radical (unpaired) electrons. The van der Waals surface area contributed by atoms with E-state index in [1.165, 1.54) is 16.8 Å². The molecule has 8 nitrogen and oxygen atoms in total. The molecule has 0 saturated carbocycles. The Kier molecular flexibility index (Phi) is 4.00. The van der Waals surface area contributed by atoms with Gasteiger partial charge >= 0.3 is 0 Å². The van der Waals surface area contributed by atoms with Gasteiger partial charge in [-0.3, -0.25) is 19.6 Å². The van der Waals surface area contributed by atoms with Crippen LogP contribution in [0.3, 0.4) is 0 Å². The molecule has 21 heavy (non-hydrogen) atoms. The number of rotatable bonds is 3. The molecule has 0 bridgehead atoms. The SMILES string of the molecule is Cn1cc(Br)c(C(=O)Nc2ccc([N+](=O)[O-])cc2C#N)n1. The number of hydrogen-bond acceptors (Lipinski definition) is 5. The standard InChI is InChI=1S/C12H8BrN5O3/c1-17-6-9(13)11(16-17)12(19)15-10-3-2-8(18(20)21)4-7(10)5-14/h2-4,6H,1H3,(H,15,19). The van der Waals surface area contributed by atoms with Gasteiger partial charge in [0.2, 0.25) is 0 Å². The summed E-state index contributed by atoms with van der Waals surface area (Å²) < 4.78 is 1.96. The fraction of sp³-hybridized carbons (Fsp3) is 0.0833. The van der Waals surface area contributed by atoms with Gasteiger partial charge in [0.05, 0.1) is 20.6 Å². The second-order valence-electron chi connectivity index (χ2n) is 4.05.